The molecule has 2 bridgehead atoms. The van der Waals surface area contributed by atoms with Crippen molar-refractivity contribution in [3.63, 3.8) is 0 Å². The van der Waals surface area contributed by atoms with E-state index in [1.165, 1.54) is 12.1 Å². The molecule has 7 heteroatoms. The van der Waals surface area contributed by atoms with Crippen molar-refractivity contribution in [3.05, 3.63) is 98.5 Å². The van der Waals surface area contributed by atoms with Crippen molar-refractivity contribution in [3.8, 4) is 5.75 Å². The molecule has 3 aromatic rings. The van der Waals surface area contributed by atoms with Crippen LogP contribution in [0.1, 0.15) is 60.2 Å². The van der Waals surface area contributed by atoms with E-state index in [9.17, 15) is 24.3 Å². The van der Waals surface area contributed by atoms with Gasteiger partial charge in [0.15, 0.2) is 11.6 Å². The number of pyridine rings is 1. The van der Waals surface area contributed by atoms with Gasteiger partial charge < -0.3 is 14.6 Å². The maximum absolute atomic E-state index is 13.5. The Bertz CT molecular complexity index is 1440. The van der Waals surface area contributed by atoms with Crippen LogP contribution in [0.5, 0.6) is 5.75 Å². The van der Waals surface area contributed by atoms with Crippen LogP contribution in [0.4, 0.5) is 0 Å². The molecule has 1 amide bonds. The number of benzene rings is 2. The summed E-state index contributed by atoms with van der Waals surface area (Å²) in [5.41, 5.74) is 1.42. The molecule has 1 N–H and O–H groups in total. The standard InChI is InChI=1S/C26H20N2O5/c29-21-7-3-6-20-15-10-14(12-28(20)21)11-27(13-15)26(33)19-9-8-18-22(25(19)32)24(31)17-5-2-1-4-16(17)23(18)30/h1-9,14-15,32H,10-13H2/t14-,15+/m1/s1. The van der Waals surface area contributed by atoms with Crippen LogP contribution in [0, 0.1) is 5.92 Å². The highest BCUT2D eigenvalue weighted by molar-refractivity contribution is 6.30. The first-order valence-electron chi connectivity index (χ1n) is 11.0. The first-order chi connectivity index (χ1) is 15.9. The van der Waals surface area contributed by atoms with Gasteiger partial charge in [0.2, 0.25) is 0 Å². The number of amides is 1. The van der Waals surface area contributed by atoms with Gasteiger partial charge in [-0.3, -0.25) is 19.2 Å². The lowest BCUT2D eigenvalue weighted by Crippen LogP contribution is -2.49. The summed E-state index contributed by atoms with van der Waals surface area (Å²) in [7, 11) is 0. The Kier molecular flexibility index (Phi) is 4.17. The lowest BCUT2D eigenvalue weighted by atomic mass is 9.81. The van der Waals surface area contributed by atoms with Crippen LogP contribution in [0.3, 0.4) is 0 Å². The molecular weight excluding hydrogens is 420 g/mol. The predicted octanol–water partition coefficient (Wildman–Crippen LogP) is 2.59. The minimum Gasteiger partial charge on any atom is -0.506 e. The van der Waals surface area contributed by atoms with Crippen molar-refractivity contribution in [1.82, 2.24) is 9.47 Å². The number of likely N-dealkylation sites (tertiary alicyclic amines) is 1. The fourth-order valence-corrected chi connectivity index (χ4v) is 5.57. The van der Waals surface area contributed by atoms with Gasteiger partial charge in [-0.1, -0.05) is 30.3 Å². The molecule has 1 fully saturated rings. The summed E-state index contributed by atoms with van der Waals surface area (Å²) < 4.78 is 1.79. The van der Waals surface area contributed by atoms with Gasteiger partial charge in [-0.05, 0) is 30.5 Å². The summed E-state index contributed by atoms with van der Waals surface area (Å²) in [5, 5.41) is 11.0. The summed E-state index contributed by atoms with van der Waals surface area (Å²) in [6.07, 6.45) is 0.896. The number of nitrogens with zero attached hydrogens (tertiary/aromatic N) is 2. The lowest BCUT2D eigenvalue weighted by molar-refractivity contribution is 0.0591. The SMILES string of the molecule is O=C1c2ccccc2C(=O)c2c1ccc(C(=O)N1C[C@H]3C[C@@H](C1)c1cccc(=O)n1C3)c2O. The Hall–Kier alpha value is -4.00. The van der Waals surface area contributed by atoms with E-state index in [1.807, 2.05) is 6.07 Å². The summed E-state index contributed by atoms with van der Waals surface area (Å²) in [5.74, 6) is -1.46. The van der Waals surface area contributed by atoms with E-state index in [0.717, 1.165) is 12.1 Å². The predicted molar refractivity (Wildman–Crippen MR) is 119 cm³/mol. The molecule has 2 atom stereocenters. The molecule has 2 aromatic carbocycles. The quantitative estimate of drug-likeness (QED) is 0.491. The van der Waals surface area contributed by atoms with Gasteiger partial charge in [0.05, 0.1) is 11.1 Å². The zero-order valence-corrected chi connectivity index (χ0v) is 17.7. The molecule has 0 unspecified atom stereocenters. The zero-order valence-electron chi connectivity index (χ0n) is 17.7. The summed E-state index contributed by atoms with van der Waals surface area (Å²) in [4.78, 5) is 53.3. The molecule has 0 saturated carbocycles. The van der Waals surface area contributed by atoms with E-state index in [1.54, 1.807) is 45.9 Å². The Labute approximate surface area is 188 Å². The number of phenolic OH excluding ortho intramolecular Hbond substituents is 1. The summed E-state index contributed by atoms with van der Waals surface area (Å²) >= 11 is 0. The third kappa shape index (κ3) is 2.81. The maximum atomic E-state index is 13.5. The van der Waals surface area contributed by atoms with E-state index in [0.29, 0.717) is 25.2 Å². The number of hydrogen-bond donors (Lipinski definition) is 1. The van der Waals surface area contributed by atoms with Crippen molar-refractivity contribution in [2.45, 2.75) is 18.9 Å². The van der Waals surface area contributed by atoms with Crippen LogP contribution in [-0.4, -0.2) is 45.1 Å². The Morgan fingerprint density at radius 3 is 2.36 bits per heavy atom. The zero-order chi connectivity index (χ0) is 22.9. The van der Waals surface area contributed by atoms with Gasteiger partial charge >= 0.3 is 0 Å². The average molecular weight is 440 g/mol. The van der Waals surface area contributed by atoms with Crippen molar-refractivity contribution in [1.29, 1.82) is 0 Å². The summed E-state index contributed by atoms with van der Waals surface area (Å²) in [6.45, 7) is 1.43. The first kappa shape index (κ1) is 19.7. The van der Waals surface area contributed by atoms with Crippen LogP contribution >= 0.6 is 0 Å². The van der Waals surface area contributed by atoms with Crippen LogP contribution in [0.25, 0.3) is 0 Å². The van der Waals surface area contributed by atoms with Crippen LogP contribution in [0.2, 0.25) is 0 Å². The second kappa shape index (κ2) is 7.00. The van der Waals surface area contributed by atoms with E-state index in [-0.39, 0.29) is 51.3 Å². The van der Waals surface area contributed by atoms with E-state index in [2.05, 4.69) is 0 Å². The van der Waals surface area contributed by atoms with Gasteiger partial charge in [0.25, 0.3) is 11.5 Å². The van der Waals surface area contributed by atoms with Gasteiger partial charge in [0.1, 0.15) is 5.75 Å². The Balaban J connectivity index is 1.36. The minimum atomic E-state index is -0.462. The van der Waals surface area contributed by atoms with Gasteiger partial charge in [0, 0.05) is 54.0 Å². The highest BCUT2D eigenvalue weighted by Gasteiger charge is 2.39. The molecule has 0 radical (unpaired) electrons. The van der Waals surface area contributed by atoms with Crippen LogP contribution in [-0.2, 0) is 6.54 Å². The molecule has 1 aliphatic carbocycles. The highest BCUT2D eigenvalue weighted by atomic mass is 16.3. The molecule has 3 heterocycles. The number of aromatic hydroxyl groups is 1. The monoisotopic (exact) mass is 440 g/mol. The third-order valence-electron chi connectivity index (χ3n) is 7.06. The third-order valence-corrected chi connectivity index (χ3v) is 7.06. The van der Waals surface area contributed by atoms with Crippen molar-refractivity contribution in [2.24, 2.45) is 5.92 Å². The lowest BCUT2D eigenvalue weighted by Gasteiger charge is -2.42. The molecule has 6 rings (SSSR count). The smallest absolute Gasteiger partial charge is 0.257 e. The fourth-order valence-electron chi connectivity index (χ4n) is 5.57. The number of carbonyl (C=O) groups is 3. The molecule has 33 heavy (non-hydrogen) atoms. The highest BCUT2D eigenvalue weighted by Crippen LogP contribution is 2.38. The van der Waals surface area contributed by atoms with Gasteiger partial charge in [-0.2, -0.15) is 0 Å². The average Bonchev–Trinajstić information content (AvgIpc) is 2.82. The number of rotatable bonds is 1. The number of hydrogen-bond acceptors (Lipinski definition) is 5. The van der Waals surface area contributed by atoms with Crippen molar-refractivity contribution >= 4 is 17.5 Å². The number of phenols is 1. The van der Waals surface area contributed by atoms with E-state index in [4.69, 9.17) is 0 Å². The second-order valence-corrected chi connectivity index (χ2v) is 9.00. The summed E-state index contributed by atoms with van der Waals surface area (Å²) in [6, 6.07) is 14.6. The maximum Gasteiger partial charge on any atom is 0.257 e. The minimum absolute atomic E-state index is 0.0136. The number of ketones is 2. The van der Waals surface area contributed by atoms with E-state index >= 15 is 0 Å². The van der Waals surface area contributed by atoms with Crippen molar-refractivity contribution in [2.75, 3.05) is 13.1 Å². The Morgan fingerprint density at radius 2 is 1.58 bits per heavy atom. The van der Waals surface area contributed by atoms with Crippen LogP contribution < -0.4 is 5.56 Å². The first-order valence-corrected chi connectivity index (χ1v) is 11.0. The van der Waals surface area contributed by atoms with Gasteiger partial charge in [-0.15, -0.1) is 0 Å². The van der Waals surface area contributed by atoms with Gasteiger partial charge in [-0.25, -0.2) is 0 Å². The molecule has 3 aliphatic rings. The molecule has 2 aliphatic heterocycles. The number of aromatic nitrogens is 1. The molecule has 7 nitrogen and oxygen atoms in total. The largest absolute Gasteiger partial charge is 0.506 e. The second-order valence-electron chi connectivity index (χ2n) is 9.00. The van der Waals surface area contributed by atoms with Crippen LogP contribution in [0.15, 0.2) is 59.4 Å². The molecule has 0 spiro atoms. The molecular formula is C26H20N2O5. The topological polar surface area (TPSA) is 96.7 Å². The number of piperidine rings is 1. The number of carbonyl (C=O) groups excluding carboxylic acids is 3. The normalized spacial score (nSPS) is 20.7. The fraction of sp³-hybridized carbons (Fsp3) is 0.231. The molecule has 1 saturated heterocycles. The molecule has 1 aromatic heterocycles. The Morgan fingerprint density at radius 1 is 0.818 bits per heavy atom. The number of fused-ring (bicyclic) bond motifs is 6. The molecule has 164 valence electrons. The van der Waals surface area contributed by atoms with Crippen molar-refractivity contribution < 1.29 is 19.5 Å². The van der Waals surface area contributed by atoms with E-state index < -0.39 is 11.5 Å².